The lowest BCUT2D eigenvalue weighted by molar-refractivity contribution is -0.277. The van der Waals surface area contributed by atoms with E-state index in [1.807, 2.05) is 0 Å². The highest BCUT2D eigenvalue weighted by molar-refractivity contribution is 5.85. The minimum absolute atomic E-state index is 0.133. The van der Waals surface area contributed by atoms with E-state index >= 15 is 0 Å². The molecule has 9 heteroatoms. The smallest absolute Gasteiger partial charge is 0.328 e. The van der Waals surface area contributed by atoms with Gasteiger partial charge in [0.15, 0.2) is 11.5 Å². The zero-order valence-corrected chi connectivity index (χ0v) is 12.4. The molecule has 5 atom stereocenters. The highest BCUT2D eigenvalue weighted by Crippen LogP contribution is 2.31. The summed E-state index contributed by atoms with van der Waals surface area (Å²) in [5, 5.41) is 56.8. The monoisotopic (exact) mass is 342 g/mol. The summed E-state index contributed by atoms with van der Waals surface area (Å²) < 4.78 is 10.5. The quantitative estimate of drug-likeness (QED) is 0.357. The molecule has 0 radical (unpaired) electrons. The van der Waals surface area contributed by atoms with Crippen LogP contribution in [0.25, 0.3) is 6.08 Å². The van der Waals surface area contributed by atoms with Crippen molar-refractivity contribution in [3.63, 3.8) is 0 Å². The largest absolute Gasteiger partial charge is 0.504 e. The third kappa shape index (κ3) is 4.02. The fraction of sp³-hybridized carbons (Fsp3) is 0.400. The topological polar surface area (TPSA) is 157 Å². The molecule has 1 heterocycles. The van der Waals surface area contributed by atoms with Crippen LogP contribution in [0.4, 0.5) is 0 Å². The Morgan fingerprint density at radius 1 is 1.21 bits per heavy atom. The number of hydrogen-bond acceptors (Lipinski definition) is 8. The first kappa shape index (κ1) is 18.2. The fourth-order valence-corrected chi connectivity index (χ4v) is 2.19. The zero-order chi connectivity index (χ0) is 17.9. The Labute approximate surface area is 136 Å². The summed E-state index contributed by atoms with van der Waals surface area (Å²) in [6, 6.07) is 3.99. The molecule has 9 nitrogen and oxygen atoms in total. The van der Waals surface area contributed by atoms with Crippen molar-refractivity contribution in [1.82, 2.24) is 0 Å². The first-order chi connectivity index (χ1) is 11.3. The van der Waals surface area contributed by atoms with Crippen molar-refractivity contribution in [2.24, 2.45) is 0 Å². The van der Waals surface area contributed by atoms with Crippen LogP contribution in [-0.4, -0.2) is 73.9 Å². The zero-order valence-electron chi connectivity index (χ0n) is 12.4. The van der Waals surface area contributed by atoms with Crippen molar-refractivity contribution in [2.45, 2.75) is 30.7 Å². The fourth-order valence-electron chi connectivity index (χ4n) is 2.19. The van der Waals surface area contributed by atoms with Crippen molar-refractivity contribution in [3.05, 3.63) is 29.8 Å². The number of phenolic OH excluding ortho intramolecular Hbond substituents is 1. The molecule has 0 aliphatic carbocycles. The number of rotatable bonds is 5. The van der Waals surface area contributed by atoms with Crippen LogP contribution in [0, 0.1) is 0 Å². The first-order valence-electron chi connectivity index (χ1n) is 7.04. The lowest BCUT2D eigenvalue weighted by Gasteiger charge is -2.39. The van der Waals surface area contributed by atoms with E-state index in [0.29, 0.717) is 5.56 Å². The minimum Gasteiger partial charge on any atom is -0.504 e. The maximum absolute atomic E-state index is 10.5. The molecule has 24 heavy (non-hydrogen) atoms. The van der Waals surface area contributed by atoms with E-state index in [1.165, 1.54) is 24.3 Å². The van der Waals surface area contributed by atoms with Gasteiger partial charge in [-0.05, 0) is 23.8 Å². The van der Waals surface area contributed by atoms with Crippen LogP contribution >= 0.6 is 0 Å². The van der Waals surface area contributed by atoms with Gasteiger partial charge >= 0.3 is 5.97 Å². The average Bonchev–Trinajstić information content (AvgIpc) is 2.55. The molecule has 0 spiro atoms. The minimum atomic E-state index is -1.62. The van der Waals surface area contributed by atoms with E-state index in [9.17, 15) is 25.2 Å². The van der Waals surface area contributed by atoms with Gasteiger partial charge in [-0.3, -0.25) is 0 Å². The van der Waals surface area contributed by atoms with Gasteiger partial charge in [0.1, 0.15) is 24.4 Å². The van der Waals surface area contributed by atoms with Gasteiger partial charge in [0, 0.05) is 6.08 Å². The van der Waals surface area contributed by atoms with Gasteiger partial charge in [-0.1, -0.05) is 6.07 Å². The molecular formula is C15H18O9. The third-order valence-corrected chi connectivity index (χ3v) is 3.49. The Kier molecular flexibility index (Phi) is 5.75. The summed E-state index contributed by atoms with van der Waals surface area (Å²) in [5.41, 5.74) is 0.398. The molecule has 0 bridgehead atoms. The van der Waals surface area contributed by atoms with E-state index < -0.39 is 43.3 Å². The normalized spacial score (nSPS) is 30.4. The standard InChI is InChI=1S/C15H18O9/c16-6-10-12(20)13(21)14(22)15(24-10)23-9-5-7(1-3-8(9)17)2-4-11(18)19/h1-5,10,12-17,20-22H,6H2,(H,18,19)/b4-2+/t10-,12-,13+,14+,15-/m1/s1. The SMILES string of the molecule is O=C(O)/C=C/c1ccc(O)c(O[C@@H]2O[C@H](CO)[C@@H](O)[C@H](O)[C@@H]2O)c1. The number of ether oxygens (including phenoxy) is 2. The molecule has 1 aliphatic rings. The summed E-state index contributed by atoms with van der Waals surface area (Å²) in [7, 11) is 0. The van der Waals surface area contributed by atoms with Crippen molar-refractivity contribution in [2.75, 3.05) is 6.61 Å². The van der Waals surface area contributed by atoms with Crippen LogP contribution in [0.3, 0.4) is 0 Å². The maximum atomic E-state index is 10.5. The number of aromatic hydroxyl groups is 1. The first-order valence-corrected chi connectivity index (χ1v) is 7.04. The Morgan fingerprint density at radius 2 is 1.92 bits per heavy atom. The summed E-state index contributed by atoms with van der Waals surface area (Å²) >= 11 is 0. The molecule has 1 fully saturated rings. The van der Waals surface area contributed by atoms with Gasteiger partial charge in [0.2, 0.25) is 6.29 Å². The number of carboxylic acid groups (broad SMARTS) is 1. The molecule has 6 N–H and O–H groups in total. The molecule has 0 amide bonds. The highest BCUT2D eigenvalue weighted by atomic mass is 16.7. The van der Waals surface area contributed by atoms with Crippen LogP contribution in [0.2, 0.25) is 0 Å². The lowest BCUT2D eigenvalue weighted by atomic mass is 9.99. The lowest BCUT2D eigenvalue weighted by Crippen LogP contribution is -2.60. The van der Waals surface area contributed by atoms with Gasteiger partial charge in [-0.15, -0.1) is 0 Å². The molecule has 0 unspecified atom stereocenters. The van der Waals surface area contributed by atoms with Crippen LogP contribution in [0.15, 0.2) is 24.3 Å². The summed E-state index contributed by atoms with van der Waals surface area (Å²) in [6.07, 6.45) is -5.20. The molecule has 0 aromatic heterocycles. The van der Waals surface area contributed by atoms with Crippen molar-refractivity contribution in [3.8, 4) is 11.5 Å². The number of phenols is 1. The molecule has 1 aromatic rings. The van der Waals surface area contributed by atoms with Crippen molar-refractivity contribution in [1.29, 1.82) is 0 Å². The second-order valence-electron chi connectivity index (χ2n) is 5.21. The van der Waals surface area contributed by atoms with E-state index in [4.69, 9.17) is 19.7 Å². The average molecular weight is 342 g/mol. The van der Waals surface area contributed by atoms with Crippen molar-refractivity contribution >= 4 is 12.0 Å². The van der Waals surface area contributed by atoms with E-state index in [2.05, 4.69) is 0 Å². The number of benzene rings is 1. The molecule has 132 valence electrons. The van der Waals surface area contributed by atoms with Crippen LogP contribution in [0.5, 0.6) is 11.5 Å². The summed E-state index contributed by atoms with van der Waals surface area (Å²) in [4.78, 5) is 10.5. The Bertz CT molecular complexity index is 613. The molecule has 1 saturated heterocycles. The molecule has 1 aliphatic heterocycles. The Morgan fingerprint density at radius 3 is 2.54 bits per heavy atom. The van der Waals surface area contributed by atoms with Crippen LogP contribution < -0.4 is 4.74 Å². The van der Waals surface area contributed by atoms with Gasteiger partial charge in [0.05, 0.1) is 6.61 Å². The van der Waals surface area contributed by atoms with Gasteiger partial charge < -0.3 is 40.1 Å². The number of aliphatic hydroxyl groups is 4. The molecular weight excluding hydrogens is 324 g/mol. The third-order valence-electron chi connectivity index (χ3n) is 3.49. The molecule has 2 rings (SSSR count). The predicted molar refractivity (Wildman–Crippen MR) is 79.2 cm³/mol. The number of hydrogen-bond donors (Lipinski definition) is 6. The Balaban J connectivity index is 2.20. The number of aliphatic carboxylic acids is 1. The molecule has 0 saturated carbocycles. The second-order valence-corrected chi connectivity index (χ2v) is 5.21. The summed E-state index contributed by atoms with van der Waals surface area (Å²) in [5.74, 6) is -1.59. The second kappa shape index (κ2) is 7.60. The number of aliphatic hydroxyl groups excluding tert-OH is 4. The van der Waals surface area contributed by atoms with E-state index in [0.717, 1.165) is 6.08 Å². The number of carboxylic acids is 1. The summed E-state index contributed by atoms with van der Waals surface area (Å²) in [6.45, 7) is -0.613. The number of carbonyl (C=O) groups is 1. The maximum Gasteiger partial charge on any atom is 0.328 e. The van der Waals surface area contributed by atoms with Crippen LogP contribution in [-0.2, 0) is 9.53 Å². The Hall–Kier alpha value is -2.17. The predicted octanol–water partition coefficient (Wildman–Crippen LogP) is -1.33. The van der Waals surface area contributed by atoms with Crippen LogP contribution in [0.1, 0.15) is 5.56 Å². The highest BCUT2D eigenvalue weighted by Gasteiger charge is 2.44. The van der Waals surface area contributed by atoms with Gasteiger partial charge in [0.25, 0.3) is 0 Å². The molecule has 1 aromatic carbocycles. The van der Waals surface area contributed by atoms with E-state index in [1.54, 1.807) is 0 Å². The van der Waals surface area contributed by atoms with E-state index in [-0.39, 0.29) is 11.5 Å². The van der Waals surface area contributed by atoms with Crippen molar-refractivity contribution < 1.29 is 44.9 Å². The van der Waals surface area contributed by atoms with Gasteiger partial charge in [-0.2, -0.15) is 0 Å². The van der Waals surface area contributed by atoms with Gasteiger partial charge in [-0.25, -0.2) is 4.79 Å².